The van der Waals surface area contributed by atoms with Crippen LogP contribution in [0.2, 0.25) is 5.02 Å². The molecule has 0 spiro atoms. The highest BCUT2D eigenvalue weighted by molar-refractivity contribution is 7.89. The zero-order valence-corrected chi connectivity index (χ0v) is 18.6. The van der Waals surface area contributed by atoms with Gasteiger partial charge in [0.25, 0.3) is 5.91 Å². The van der Waals surface area contributed by atoms with Gasteiger partial charge in [-0.1, -0.05) is 60.7 Å². The third-order valence-corrected chi connectivity index (χ3v) is 6.92. The molecule has 2 N–H and O–H groups in total. The van der Waals surface area contributed by atoms with E-state index in [0.717, 1.165) is 43.2 Å². The van der Waals surface area contributed by atoms with Crippen LogP contribution in [0, 0.1) is 6.92 Å². The summed E-state index contributed by atoms with van der Waals surface area (Å²) in [5.41, 5.74) is 2.15. The van der Waals surface area contributed by atoms with Gasteiger partial charge in [0.05, 0.1) is 9.92 Å². The van der Waals surface area contributed by atoms with Crippen LogP contribution in [-0.2, 0) is 21.4 Å². The van der Waals surface area contributed by atoms with Gasteiger partial charge in [-0.2, -0.15) is 0 Å². The minimum Gasteiger partial charge on any atom is -0.482 e. The standard InChI is InChI=1S/C22H27ClN2O4S/c1-16-7-9-17(10-8-16)14-24-22(26)15-29-21-12-11-19(13-20(21)23)30(27,28)25-18-5-3-2-4-6-18/h7-13,18,25H,2-6,14-15H2,1H3,(H,24,26). The van der Waals surface area contributed by atoms with Crippen molar-refractivity contribution in [2.45, 2.75) is 56.5 Å². The van der Waals surface area contributed by atoms with E-state index in [1.54, 1.807) is 0 Å². The Morgan fingerprint density at radius 3 is 2.47 bits per heavy atom. The quantitative estimate of drug-likeness (QED) is 0.637. The molecule has 30 heavy (non-hydrogen) atoms. The predicted octanol–water partition coefficient (Wildman–Crippen LogP) is 3.95. The van der Waals surface area contributed by atoms with Gasteiger partial charge >= 0.3 is 0 Å². The van der Waals surface area contributed by atoms with Crippen molar-refractivity contribution in [3.8, 4) is 5.75 Å². The Bertz CT molecular complexity index is 971. The Hall–Kier alpha value is -2.09. The number of aryl methyl sites for hydroxylation is 1. The summed E-state index contributed by atoms with van der Waals surface area (Å²) in [5, 5.41) is 2.92. The van der Waals surface area contributed by atoms with E-state index in [2.05, 4.69) is 10.0 Å². The van der Waals surface area contributed by atoms with E-state index >= 15 is 0 Å². The van der Waals surface area contributed by atoms with Gasteiger partial charge in [0.15, 0.2) is 6.61 Å². The van der Waals surface area contributed by atoms with Crippen molar-refractivity contribution in [2.24, 2.45) is 0 Å². The van der Waals surface area contributed by atoms with Crippen LogP contribution < -0.4 is 14.8 Å². The number of nitrogens with one attached hydrogen (secondary N) is 2. The molecule has 0 heterocycles. The van der Waals surface area contributed by atoms with Crippen molar-refractivity contribution in [3.63, 3.8) is 0 Å². The first-order chi connectivity index (χ1) is 14.3. The normalized spacial score (nSPS) is 15.0. The lowest BCUT2D eigenvalue weighted by Gasteiger charge is -2.22. The Kier molecular flexibility index (Phi) is 7.75. The third kappa shape index (κ3) is 6.45. The molecule has 2 aromatic rings. The molecule has 162 valence electrons. The van der Waals surface area contributed by atoms with Crippen molar-refractivity contribution < 1.29 is 17.9 Å². The van der Waals surface area contributed by atoms with Crippen LogP contribution in [-0.4, -0.2) is 27.0 Å². The molecule has 0 bridgehead atoms. The van der Waals surface area contributed by atoms with E-state index in [0.29, 0.717) is 6.54 Å². The maximum Gasteiger partial charge on any atom is 0.258 e. The molecular formula is C22H27ClN2O4S. The summed E-state index contributed by atoms with van der Waals surface area (Å²) < 4.78 is 33.4. The van der Waals surface area contributed by atoms with Crippen molar-refractivity contribution in [1.82, 2.24) is 10.0 Å². The van der Waals surface area contributed by atoms with Gasteiger partial charge in [0, 0.05) is 12.6 Å². The highest BCUT2D eigenvalue weighted by Crippen LogP contribution is 2.28. The first kappa shape index (κ1) is 22.6. The van der Waals surface area contributed by atoms with Gasteiger partial charge in [0.1, 0.15) is 5.75 Å². The molecule has 0 aliphatic heterocycles. The summed E-state index contributed by atoms with van der Waals surface area (Å²) in [6, 6.07) is 12.1. The van der Waals surface area contributed by atoms with Gasteiger partial charge in [-0.3, -0.25) is 4.79 Å². The summed E-state index contributed by atoms with van der Waals surface area (Å²) in [6.45, 7) is 2.20. The van der Waals surface area contributed by atoms with Crippen LogP contribution in [0.1, 0.15) is 43.2 Å². The number of benzene rings is 2. The third-order valence-electron chi connectivity index (χ3n) is 5.11. The lowest BCUT2D eigenvalue weighted by Crippen LogP contribution is -2.36. The minimum absolute atomic E-state index is 0.0318. The summed E-state index contributed by atoms with van der Waals surface area (Å²) >= 11 is 6.20. The van der Waals surface area contributed by atoms with E-state index in [1.165, 1.54) is 18.2 Å². The number of carbonyl (C=O) groups is 1. The maximum absolute atomic E-state index is 12.6. The molecule has 3 rings (SSSR count). The van der Waals surface area contributed by atoms with Gasteiger partial charge in [0.2, 0.25) is 10.0 Å². The Morgan fingerprint density at radius 2 is 1.80 bits per heavy atom. The van der Waals surface area contributed by atoms with Crippen LogP contribution in [0.3, 0.4) is 0 Å². The Morgan fingerprint density at radius 1 is 1.10 bits per heavy atom. The monoisotopic (exact) mass is 450 g/mol. The van der Waals surface area contributed by atoms with E-state index in [-0.39, 0.29) is 34.2 Å². The van der Waals surface area contributed by atoms with E-state index < -0.39 is 10.0 Å². The summed E-state index contributed by atoms with van der Waals surface area (Å²) in [5.74, 6) is -0.0268. The number of hydrogen-bond donors (Lipinski definition) is 2. The fraction of sp³-hybridized carbons (Fsp3) is 0.409. The van der Waals surface area contributed by atoms with E-state index in [1.807, 2.05) is 31.2 Å². The highest BCUT2D eigenvalue weighted by atomic mass is 35.5. The molecule has 1 aliphatic rings. The molecule has 6 nitrogen and oxygen atoms in total. The van der Waals surface area contributed by atoms with Gasteiger partial charge in [-0.25, -0.2) is 13.1 Å². The fourth-order valence-electron chi connectivity index (χ4n) is 3.37. The number of halogens is 1. The topological polar surface area (TPSA) is 84.5 Å². The smallest absolute Gasteiger partial charge is 0.258 e. The Labute approximate surface area is 183 Å². The largest absolute Gasteiger partial charge is 0.482 e. The summed E-state index contributed by atoms with van der Waals surface area (Å²) in [4.78, 5) is 12.1. The van der Waals surface area contributed by atoms with Gasteiger partial charge in [-0.05, 0) is 43.5 Å². The number of ether oxygens (including phenoxy) is 1. The van der Waals surface area contributed by atoms with Crippen LogP contribution in [0.4, 0.5) is 0 Å². The summed E-state index contributed by atoms with van der Waals surface area (Å²) in [6.07, 6.45) is 4.92. The zero-order chi connectivity index (χ0) is 21.6. The molecule has 0 unspecified atom stereocenters. The van der Waals surface area contributed by atoms with E-state index in [9.17, 15) is 13.2 Å². The first-order valence-corrected chi connectivity index (χ1v) is 12.0. The second-order valence-electron chi connectivity index (χ2n) is 7.60. The van der Waals surface area contributed by atoms with E-state index in [4.69, 9.17) is 16.3 Å². The molecule has 1 amide bonds. The van der Waals surface area contributed by atoms with Gasteiger partial charge in [-0.15, -0.1) is 0 Å². The average Bonchev–Trinajstić information content (AvgIpc) is 2.73. The molecule has 1 saturated carbocycles. The molecule has 0 aromatic heterocycles. The number of carbonyl (C=O) groups excluding carboxylic acids is 1. The number of hydrogen-bond acceptors (Lipinski definition) is 4. The van der Waals surface area contributed by atoms with Crippen LogP contribution >= 0.6 is 11.6 Å². The second-order valence-corrected chi connectivity index (χ2v) is 9.72. The number of rotatable bonds is 8. The first-order valence-electron chi connectivity index (χ1n) is 10.1. The lowest BCUT2D eigenvalue weighted by atomic mass is 9.96. The minimum atomic E-state index is -3.64. The number of amides is 1. The molecule has 1 fully saturated rings. The molecule has 2 aromatic carbocycles. The molecule has 1 aliphatic carbocycles. The van der Waals surface area contributed by atoms with Crippen LogP contribution in [0.15, 0.2) is 47.4 Å². The van der Waals surface area contributed by atoms with Crippen LogP contribution in [0.25, 0.3) is 0 Å². The molecule has 0 atom stereocenters. The highest BCUT2D eigenvalue weighted by Gasteiger charge is 2.22. The van der Waals surface area contributed by atoms with Crippen LogP contribution in [0.5, 0.6) is 5.75 Å². The predicted molar refractivity (Wildman–Crippen MR) is 117 cm³/mol. The Balaban J connectivity index is 1.53. The van der Waals surface area contributed by atoms with Gasteiger partial charge < -0.3 is 10.1 Å². The second kappa shape index (κ2) is 10.3. The van der Waals surface area contributed by atoms with Crippen molar-refractivity contribution in [1.29, 1.82) is 0 Å². The molecule has 8 heteroatoms. The summed E-state index contributed by atoms with van der Waals surface area (Å²) in [7, 11) is -3.64. The number of sulfonamides is 1. The van der Waals surface area contributed by atoms with Crippen molar-refractivity contribution >= 4 is 27.5 Å². The average molecular weight is 451 g/mol. The molecular weight excluding hydrogens is 424 g/mol. The lowest BCUT2D eigenvalue weighted by molar-refractivity contribution is -0.123. The zero-order valence-electron chi connectivity index (χ0n) is 17.0. The maximum atomic E-state index is 12.6. The molecule has 0 radical (unpaired) electrons. The SMILES string of the molecule is Cc1ccc(CNC(=O)COc2ccc(S(=O)(=O)NC3CCCCC3)cc2Cl)cc1. The fourth-order valence-corrected chi connectivity index (χ4v) is 5.01. The molecule has 0 saturated heterocycles. The van der Waals surface area contributed by atoms with Crippen molar-refractivity contribution in [3.05, 3.63) is 58.6 Å². The van der Waals surface area contributed by atoms with Crippen molar-refractivity contribution in [2.75, 3.05) is 6.61 Å².